The van der Waals surface area contributed by atoms with Crippen LogP contribution in [0, 0.1) is 23.5 Å². The van der Waals surface area contributed by atoms with Crippen LogP contribution in [0.5, 0.6) is 0 Å². The Kier molecular flexibility index (Phi) is 6.20. The van der Waals surface area contributed by atoms with Gasteiger partial charge in [-0.3, -0.25) is 0 Å². The highest BCUT2D eigenvalue weighted by atomic mass is 32.2. The SMILES string of the molecule is O=C(O)c1ccc(F)cc1CC1CCN(CC2CSc3ccc(F)cc3C2)CC1. The largest absolute Gasteiger partial charge is 0.478 e. The summed E-state index contributed by atoms with van der Waals surface area (Å²) in [6.45, 7) is 2.95. The minimum atomic E-state index is -0.996. The first kappa shape index (κ1) is 20.4. The Morgan fingerprint density at radius 3 is 2.55 bits per heavy atom. The van der Waals surface area contributed by atoms with Crippen LogP contribution < -0.4 is 0 Å². The van der Waals surface area contributed by atoms with Gasteiger partial charge >= 0.3 is 5.97 Å². The van der Waals surface area contributed by atoms with Crippen LogP contribution in [0.1, 0.15) is 34.3 Å². The topological polar surface area (TPSA) is 40.5 Å². The standard InChI is InChI=1S/C23H25F2NO2S/c24-19-1-3-21(23(27)28)17(11-19)9-15-5-7-26(8-6-15)13-16-10-18-12-20(25)2-4-22(18)29-14-16/h1-4,11-12,15-16H,5-10,13-14H2,(H,27,28). The molecule has 2 aliphatic heterocycles. The van der Waals surface area contributed by atoms with E-state index in [9.17, 15) is 18.7 Å². The van der Waals surface area contributed by atoms with Gasteiger partial charge in [-0.25, -0.2) is 13.6 Å². The molecule has 2 aromatic carbocycles. The van der Waals surface area contributed by atoms with Crippen LogP contribution in [-0.4, -0.2) is 41.4 Å². The summed E-state index contributed by atoms with van der Waals surface area (Å²) in [5.74, 6) is 0.417. The van der Waals surface area contributed by atoms with E-state index in [1.54, 1.807) is 6.07 Å². The molecule has 1 unspecified atom stereocenters. The second-order valence-electron chi connectivity index (χ2n) is 8.19. The summed E-state index contributed by atoms with van der Waals surface area (Å²) in [6, 6.07) is 9.02. The van der Waals surface area contributed by atoms with E-state index in [1.807, 2.05) is 17.8 Å². The van der Waals surface area contributed by atoms with Gasteiger partial charge in [-0.2, -0.15) is 0 Å². The lowest BCUT2D eigenvalue weighted by atomic mass is 9.88. The van der Waals surface area contributed by atoms with Gasteiger partial charge in [0.2, 0.25) is 0 Å². The molecule has 1 N–H and O–H groups in total. The molecule has 154 valence electrons. The zero-order valence-corrected chi connectivity index (χ0v) is 17.1. The lowest BCUT2D eigenvalue weighted by molar-refractivity contribution is 0.0695. The quantitative estimate of drug-likeness (QED) is 0.753. The molecule has 0 radical (unpaired) electrons. The molecule has 1 saturated heterocycles. The molecule has 3 nitrogen and oxygen atoms in total. The molecule has 1 atom stereocenters. The predicted octanol–water partition coefficient (Wildman–Crippen LogP) is 4.88. The number of piperidine rings is 1. The van der Waals surface area contributed by atoms with Gasteiger partial charge in [0.1, 0.15) is 11.6 Å². The zero-order valence-electron chi connectivity index (χ0n) is 16.2. The van der Waals surface area contributed by atoms with Crippen molar-refractivity contribution in [3.63, 3.8) is 0 Å². The maximum Gasteiger partial charge on any atom is 0.335 e. The molecule has 0 aromatic heterocycles. The third-order valence-electron chi connectivity index (χ3n) is 6.04. The number of hydrogen-bond donors (Lipinski definition) is 1. The van der Waals surface area contributed by atoms with Gasteiger partial charge in [0.25, 0.3) is 0 Å². The molecule has 29 heavy (non-hydrogen) atoms. The lowest BCUT2D eigenvalue weighted by Gasteiger charge is -2.35. The van der Waals surface area contributed by atoms with Crippen molar-refractivity contribution >= 4 is 17.7 Å². The predicted molar refractivity (Wildman–Crippen MR) is 111 cm³/mol. The molecule has 0 spiro atoms. The summed E-state index contributed by atoms with van der Waals surface area (Å²) < 4.78 is 27.1. The summed E-state index contributed by atoms with van der Waals surface area (Å²) >= 11 is 1.82. The smallest absolute Gasteiger partial charge is 0.335 e. The number of nitrogens with zero attached hydrogens (tertiary/aromatic N) is 1. The molecule has 2 aliphatic rings. The van der Waals surface area contributed by atoms with Crippen LogP contribution in [0.15, 0.2) is 41.3 Å². The Hall–Kier alpha value is -1.92. The number of aromatic carboxylic acids is 1. The summed E-state index contributed by atoms with van der Waals surface area (Å²) in [5, 5.41) is 9.34. The van der Waals surface area contributed by atoms with Crippen molar-refractivity contribution in [1.29, 1.82) is 0 Å². The van der Waals surface area contributed by atoms with E-state index in [1.165, 1.54) is 29.2 Å². The van der Waals surface area contributed by atoms with Crippen molar-refractivity contribution in [2.75, 3.05) is 25.4 Å². The molecule has 2 heterocycles. The summed E-state index contributed by atoms with van der Waals surface area (Å²) in [5.41, 5.74) is 1.92. The average molecular weight is 418 g/mol. The van der Waals surface area contributed by atoms with Crippen molar-refractivity contribution in [3.8, 4) is 0 Å². The van der Waals surface area contributed by atoms with Gasteiger partial charge in [0.15, 0.2) is 0 Å². The Morgan fingerprint density at radius 2 is 1.79 bits per heavy atom. The monoisotopic (exact) mass is 417 g/mol. The van der Waals surface area contributed by atoms with E-state index in [-0.39, 0.29) is 17.2 Å². The third-order valence-corrected chi connectivity index (χ3v) is 7.38. The molecule has 4 rings (SSSR count). The van der Waals surface area contributed by atoms with Crippen LogP contribution >= 0.6 is 11.8 Å². The van der Waals surface area contributed by atoms with Crippen LogP contribution in [0.2, 0.25) is 0 Å². The van der Waals surface area contributed by atoms with Crippen molar-refractivity contribution in [1.82, 2.24) is 4.90 Å². The first-order chi connectivity index (χ1) is 14.0. The summed E-state index contributed by atoms with van der Waals surface area (Å²) in [4.78, 5) is 15.1. The van der Waals surface area contributed by atoms with Gasteiger partial charge in [0.05, 0.1) is 5.56 Å². The van der Waals surface area contributed by atoms with Crippen molar-refractivity contribution in [3.05, 3.63) is 64.7 Å². The summed E-state index contributed by atoms with van der Waals surface area (Å²) in [6.07, 6.45) is 3.51. The van der Waals surface area contributed by atoms with E-state index < -0.39 is 5.97 Å². The number of benzene rings is 2. The Labute approximate surface area is 174 Å². The van der Waals surface area contributed by atoms with Crippen LogP contribution in [-0.2, 0) is 12.8 Å². The lowest BCUT2D eigenvalue weighted by Crippen LogP contribution is -2.39. The molecular formula is C23H25F2NO2S. The van der Waals surface area contributed by atoms with Crippen molar-refractivity contribution in [2.24, 2.45) is 11.8 Å². The second-order valence-corrected chi connectivity index (χ2v) is 9.25. The number of hydrogen-bond acceptors (Lipinski definition) is 3. The second kappa shape index (κ2) is 8.84. The Bertz CT molecular complexity index is 896. The van der Waals surface area contributed by atoms with Crippen LogP contribution in [0.25, 0.3) is 0 Å². The fraction of sp³-hybridized carbons (Fsp3) is 0.435. The first-order valence-corrected chi connectivity index (χ1v) is 11.1. The molecule has 1 fully saturated rings. The summed E-state index contributed by atoms with van der Waals surface area (Å²) in [7, 11) is 0. The van der Waals surface area contributed by atoms with Crippen molar-refractivity contribution < 1.29 is 18.7 Å². The van der Waals surface area contributed by atoms with Crippen molar-refractivity contribution in [2.45, 2.75) is 30.6 Å². The number of thioether (sulfide) groups is 1. The van der Waals surface area contributed by atoms with Gasteiger partial charge in [-0.05, 0) is 98.1 Å². The van der Waals surface area contributed by atoms with E-state index in [4.69, 9.17) is 0 Å². The molecule has 0 bridgehead atoms. The van der Waals surface area contributed by atoms with Gasteiger partial charge < -0.3 is 10.0 Å². The highest BCUT2D eigenvalue weighted by Crippen LogP contribution is 2.34. The Morgan fingerprint density at radius 1 is 1.07 bits per heavy atom. The number of rotatable bonds is 5. The number of carboxylic acids is 1. The fourth-order valence-electron chi connectivity index (χ4n) is 4.53. The fourth-order valence-corrected chi connectivity index (χ4v) is 5.66. The number of likely N-dealkylation sites (tertiary alicyclic amines) is 1. The molecule has 2 aromatic rings. The maximum absolute atomic E-state index is 13.6. The highest BCUT2D eigenvalue weighted by Gasteiger charge is 2.26. The Balaban J connectivity index is 1.30. The molecule has 0 aliphatic carbocycles. The van der Waals surface area contributed by atoms with E-state index >= 15 is 0 Å². The van der Waals surface area contributed by atoms with Gasteiger partial charge in [-0.15, -0.1) is 11.8 Å². The van der Waals surface area contributed by atoms with Crippen LogP contribution in [0.3, 0.4) is 0 Å². The van der Waals surface area contributed by atoms with Crippen LogP contribution in [0.4, 0.5) is 8.78 Å². The highest BCUT2D eigenvalue weighted by molar-refractivity contribution is 7.99. The number of halogens is 2. The minimum Gasteiger partial charge on any atom is -0.478 e. The molecule has 0 saturated carbocycles. The van der Waals surface area contributed by atoms with E-state index in [2.05, 4.69) is 4.90 Å². The van der Waals surface area contributed by atoms with E-state index in [0.717, 1.165) is 50.2 Å². The molecular weight excluding hydrogens is 392 g/mol. The van der Waals surface area contributed by atoms with Gasteiger partial charge in [-0.1, -0.05) is 0 Å². The molecule has 6 heteroatoms. The normalized spacial score (nSPS) is 20.4. The minimum absolute atomic E-state index is 0.163. The van der Waals surface area contributed by atoms with Gasteiger partial charge in [0, 0.05) is 17.2 Å². The maximum atomic E-state index is 13.6. The number of carbonyl (C=O) groups is 1. The number of carboxylic acid groups (broad SMARTS) is 1. The number of fused-ring (bicyclic) bond motifs is 1. The average Bonchev–Trinajstić information content (AvgIpc) is 2.69. The zero-order chi connectivity index (χ0) is 20.4. The first-order valence-electron chi connectivity index (χ1n) is 10.1. The molecule has 0 amide bonds. The van der Waals surface area contributed by atoms with E-state index in [0.29, 0.717) is 23.8 Å². The third kappa shape index (κ3) is 4.98.